The van der Waals surface area contributed by atoms with Gasteiger partial charge in [-0.25, -0.2) is 9.78 Å². The predicted octanol–water partition coefficient (Wildman–Crippen LogP) is 3.77. The van der Waals surface area contributed by atoms with E-state index in [4.69, 9.17) is 14.2 Å². The first kappa shape index (κ1) is 18.9. The molecule has 6 nitrogen and oxygen atoms in total. The number of benzene rings is 2. The molecule has 28 heavy (non-hydrogen) atoms. The van der Waals surface area contributed by atoms with Gasteiger partial charge in [0.25, 0.3) is 0 Å². The Morgan fingerprint density at radius 1 is 1.21 bits per heavy atom. The van der Waals surface area contributed by atoms with Crippen LogP contribution in [0.25, 0.3) is 0 Å². The first-order valence-electron chi connectivity index (χ1n) is 8.90. The molecule has 2 aromatic carbocycles. The maximum absolute atomic E-state index is 12.2. The van der Waals surface area contributed by atoms with Gasteiger partial charge in [0, 0.05) is 22.4 Å². The van der Waals surface area contributed by atoms with Crippen molar-refractivity contribution < 1.29 is 19.0 Å². The van der Waals surface area contributed by atoms with Crippen LogP contribution in [0.5, 0.6) is 0 Å². The lowest BCUT2D eigenvalue weighted by molar-refractivity contribution is -0.190. The molecule has 0 saturated carbocycles. The molecule has 1 fully saturated rings. The lowest BCUT2D eigenvalue weighted by atomic mass is 10.1. The fourth-order valence-corrected chi connectivity index (χ4v) is 3.39. The first-order chi connectivity index (χ1) is 13.6. The summed E-state index contributed by atoms with van der Waals surface area (Å²) in [6, 6.07) is 16.7. The van der Waals surface area contributed by atoms with Crippen molar-refractivity contribution >= 4 is 21.9 Å². The summed E-state index contributed by atoms with van der Waals surface area (Å²) in [4.78, 5) is 16.3. The van der Waals surface area contributed by atoms with Crippen molar-refractivity contribution in [3.8, 4) is 0 Å². The number of carbonyl (C=O) groups is 1. The maximum Gasteiger partial charge on any atom is 0.338 e. The Morgan fingerprint density at radius 3 is 2.71 bits per heavy atom. The van der Waals surface area contributed by atoms with Gasteiger partial charge in [0.2, 0.25) is 5.79 Å². The number of carbonyl (C=O) groups excluding carboxylic acids is 1. The summed E-state index contributed by atoms with van der Waals surface area (Å²) < 4.78 is 20.7. The number of rotatable bonds is 6. The Balaban J connectivity index is 1.47. The van der Waals surface area contributed by atoms with Crippen molar-refractivity contribution in [2.45, 2.75) is 18.4 Å². The highest BCUT2D eigenvalue weighted by molar-refractivity contribution is 9.10. The van der Waals surface area contributed by atoms with E-state index in [1.807, 2.05) is 41.1 Å². The van der Waals surface area contributed by atoms with Crippen LogP contribution in [0, 0.1) is 0 Å². The van der Waals surface area contributed by atoms with Crippen LogP contribution in [0.15, 0.2) is 77.8 Å². The van der Waals surface area contributed by atoms with E-state index < -0.39 is 5.79 Å². The van der Waals surface area contributed by atoms with Crippen molar-refractivity contribution in [3.63, 3.8) is 0 Å². The second-order valence-corrected chi connectivity index (χ2v) is 7.43. The smallest absolute Gasteiger partial charge is 0.338 e. The number of hydrogen-bond donors (Lipinski definition) is 0. The summed E-state index contributed by atoms with van der Waals surface area (Å²) in [7, 11) is 0. The number of hydrogen-bond acceptors (Lipinski definition) is 5. The molecule has 0 unspecified atom stereocenters. The molecule has 7 heteroatoms. The third-order valence-electron chi connectivity index (χ3n) is 4.50. The van der Waals surface area contributed by atoms with E-state index in [9.17, 15) is 4.79 Å². The lowest BCUT2D eigenvalue weighted by Crippen LogP contribution is -2.34. The zero-order chi connectivity index (χ0) is 19.4. The molecule has 1 aliphatic heterocycles. The molecule has 0 N–H and O–H groups in total. The predicted molar refractivity (Wildman–Crippen MR) is 106 cm³/mol. The Hall–Kier alpha value is -2.48. The molecule has 1 aliphatic rings. The van der Waals surface area contributed by atoms with Gasteiger partial charge in [-0.15, -0.1) is 0 Å². The minimum Gasteiger partial charge on any atom is -0.459 e. The van der Waals surface area contributed by atoms with Gasteiger partial charge in [0.1, 0.15) is 12.7 Å². The molecule has 0 radical (unpaired) electrons. The molecule has 144 valence electrons. The highest BCUT2D eigenvalue weighted by atomic mass is 79.9. The van der Waals surface area contributed by atoms with Crippen molar-refractivity contribution in [1.29, 1.82) is 0 Å². The summed E-state index contributed by atoms with van der Waals surface area (Å²) in [5, 5.41) is 0. The van der Waals surface area contributed by atoms with Crippen molar-refractivity contribution in [3.05, 3.63) is 88.9 Å². The van der Waals surface area contributed by atoms with Gasteiger partial charge in [-0.3, -0.25) is 0 Å². The number of ether oxygens (including phenoxy) is 3. The molecule has 1 aromatic heterocycles. The van der Waals surface area contributed by atoms with Crippen LogP contribution in [-0.4, -0.2) is 34.8 Å². The zero-order valence-corrected chi connectivity index (χ0v) is 16.6. The van der Waals surface area contributed by atoms with Crippen molar-refractivity contribution in [2.24, 2.45) is 0 Å². The number of nitrogens with zero attached hydrogens (tertiary/aromatic N) is 2. The summed E-state index contributed by atoms with van der Waals surface area (Å²) >= 11 is 3.45. The average molecular weight is 443 g/mol. The molecular weight excluding hydrogens is 424 g/mol. The quantitative estimate of drug-likeness (QED) is 0.543. The van der Waals surface area contributed by atoms with E-state index in [1.54, 1.807) is 36.8 Å². The minimum absolute atomic E-state index is 0.121. The summed E-state index contributed by atoms with van der Waals surface area (Å²) in [5.41, 5.74) is 1.40. The Labute approximate surface area is 171 Å². The molecule has 0 bridgehead atoms. The van der Waals surface area contributed by atoms with Gasteiger partial charge in [0.15, 0.2) is 0 Å². The fraction of sp³-hybridized carbons (Fsp3) is 0.238. The number of aromatic nitrogens is 2. The molecular formula is C21H19BrN2O4. The highest BCUT2D eigenvalue weighted by Crippen LogP contribution is 2.36. The summed E-state index contributed by atoms with van der Waals surface area (Å²) in [6.45, 7) is 0.889. The van der Waals surface area contributed by atoms with Crippen LogP contribution in [0.3, 0.4) is 0 Å². The Bertz CT molecular complexity index is 915. The summed E-state index contributed by atoms with van der Waals surface area (Å²) in [6.07, 6.45) is 4.93. The first-order valence-corrected chi connectivity index (χ1v) is 9.70. The Kier molecular flexibility index (Phi) is 5.57. The molecule has 4 rings (SSSR count). The second-order valence-electron chi connectivity index (χ2n) is 6.51. The molecule has 1 saturated heterocycles. The maximum atomic E-state index is 12.2. The zero-order valence-electron chi connectivity index (χ0n) is 15.0. The van der Waals surface area contributed by atoms with Crippen LogP contribution in [-0.2, 0) is 26.5 Å². The standard InChI is InChI=1S/C21H19BrN2O4/c22-18-8-6-17(7-9-18)21(14-24-11-10-23-15-24)27-13-19(28-21)12-26-20(25)16-4-2-1-3-5-16/h1-11,15,19H,12-14H2/t19-,21+/m1/s1. The second kappa shape index (κ2) is 8.26. The van der Waals surface area contributed by atoms with Gasteiger partial charge in [-0.2, -0.15) is 0 Å². The van der Waals surface area contributed by atoms with E-state index in [2.05, 4.69) is 20.9 Å². The molecule has 2 atom stereocenters. The van der Waals surface area contributed by atoms with Crippen LogP contribution >= 0.6 is 15.9 Å². The summed E-state index contributed by atoms with van der Waals surface area (Å²) in [5.74, 6) is -1.34. The van der Waals surface area contributed by atoms with Gasteiger partial charge < -0.3 is 18.8 Å². The van der Waals surface area contributed by atoms with E-state index in [0.717, 1.165) is 10.0 Å². The molecule has 0 spiro atoms. The molecule has 0 aliphatic carbocycles. The van der Waals surface area contributed by atoms with E-state index >= 15 is 0 Å². The van der Waals surface area contributed by atoms with Crippen molar-refractivity contribution in [2.75, 3.05) is 13.2 Å². The highest BCUT2D eigenvalue weighted by Gasteiger charge is 2.44. The van der Waals surface area contributed by atoms with Gasteiger partial charge in [-0.1, -0.05) is 46.3 Å². The monoisotopic (exact) mass is 442 g/mol. The topological polar surface area (TPSA) is 62.6 Å². The third kappa shape index (κ3) is 4.16. The Morgan fingerprint density at radius 2 is 2.00 bits per heavy atom. The minimum atomic E-state index is -0.967. The van der Waals surface area contributed by atoms with Crippen LogP contribution in [0.4, 0.5) is 0 Å². The van der Waals surface area contributed by atoms with Crippen LogP contribution < -0.4 is 0 Å². The van der Waals surface area contributed by atoms with E-state index in [-0.39, 0.29) is 18.7 Å². The van der Waals surface area contributed by atoms with E-state index in [1.165, 1.54) is 0 Å². The molecule has 0 amide bonds. The van der Waals surface area contributed by atoms with Gasteiger partial charge in [0.05, 0.1) is 25.0 Å². The van der Waals surface area contributed by atoms with Crippen LogP contribution in [0.2, 0.25) is 0 Å². The third-order valence-corrected chi connectivity index (χ3v) is 5.03. The largest absolute Gasteiger partial charge is 0.459 e. The van der Waals surface area contributed by atoms with Crippen LogP contribution in [0.1, 0.15) is 15.9 Å². The normalized spacial score (nSPS) is 21.5. The average Bonchev–Trinajstić information content (AvgIpc) is 3.38. The SMILES string of the molecule is O=C(OC[C@@H]1CO[C@](Cn2ccnc2)(c2ccc(Br)cc2)O1)c1ccccc1. The lowest BCUT2D eigenvalue weighted by Gasteiger charge is -2.29. The number of esters is 1. The van der Waals surface area contributed by atoms with Crippen molar-refractivity contribution in [1.82, 2.24) is 9.55 Å². The number of halogens is 1. The van der Waals surface area contributed by atoms with Gasteiger partial charge in [-0.05, 0) is 24.3 Å². The number of imidazole rings is 1. The molecule has 3 aromatic rings. The van der Waals surface area contributed by atoms with E-state index in [0.29, 0.717) is 18.7 Å². The fourth-order valence-electron chi connectivity index (χ4n) is 3.12. The molecule has 2 heterocycles. The van der Waals surface area contributed by atoms with Gasteiger partial charge >= 0.3 is 5.97 Å².